The number of hydrogen-bond acceptors (Lipinski definition) is 2. The highest BCUT2D eigenvalue weighted by Crippen LogP contribution is 2.27. The molecule has 0 saturated carbocycles. The molecule has 1 nitrogen and oxygen atoms in total. The quantitative estimate of drug-likeness (QED) is 0.801. The van der Waals surface area contributed by atoms with Crippen molar-refractivity contribution in [2.24, 2.45) is 0 Å². The summed E-state index contributed by atoms with van der Waals surface area (Å²) in [5.41, 5.74) is 1.34. The number of hydrogen-bond donors (Lipinski definition) is 1. The van der Waals surface area contributed by atoms with E-state index < -0.39 is 17.5 Å². The molecule has 2 rings (SSSR count). The molecule has 1 N–H and O–H groups in total. The first-order chi connectivity index (χ1) is 8.49. The normalized spacial score (nSPS) is 12.5. The molecular weight excluding hydrogens is 259 g/mol. The van der Waals surface area contributed by atoms with Crippen LogP contribution in [0, 0.1) is 24.4 Å². The maximum atomic E-state index is 13.1. The van der Waals surface area contributed by atoms with E-state index in [-0.39, 0.29) is 11.7 Å². The molecule has 5 heteroatoms. The largest absolute Gasteiger partial charge is 0.378 e. The minimum absolute atomic E-state index is 0.0886. The van der Waals surface area contributed by atoms with E-state index in [0.29, 0.717) is 0 Å². The number of aryl methyl sites for hydroxylation is 1. The lowest BCUT2D eigenvalue weighted by molar-refractivity contribution is 0.447. The van der Waals surface area contributed by atoms with Crippen LogP contribution < -0.4 is 5.32 Å². The minimum atomic E-state index is -1.44. The SMILES string of the molecule is Cc1ccsc1C(C)Nc1cc(F)c(F)c(F)c1. The van der Waals surface area contributed by atoms with E-state index in [0.717, 1.165) is 22.6 Å². The second-order valence-corrected chi connectivity index (χ2v) is 5.04. The first-order valence-corrected chi connectivity index (χ1v) is 6.32. The summed E-state index contributed by atoms with van der Waals surface area (Å²) in [5, 5.41) is 4.91. The van der Waals surface area contributed by atoms with Crippen molar-refractivity contribution in [1.29, 1.82) is 0 Å². The third kappa shape index (κ3) is 2.51. The molecule has 0 aliphatic heterocycles. The van der Waals surface area contributed by atoms with E-state index in [1.807, 2.05) is 25.3 Å². The van der Waals surface area contributed by atoms with E-state index >= 15 is 0 Å². The van der Waals surface area contributed by atoms with Crippen molar-refractivity contribution in [2.75, 3.05) is 5.32 Å². The lowest BCUT2D eigenvalue weighted by Crippen LogP contribution is -2.07. The number of thiophene rings is 1. The molecule has 1 atom stereocenters. The number of benzene rings is 1. The van der Waals surface area contributed by atoms with E-state index in [2.05, 4.69) is 5.32 Å². The summed E-state index contributed by atoms with van der Waals surface area (Å²) < 4.78 is 38.9. The number of anilines is 1. The van der Waals surface area contributed by atoms with Gasteiger partial charge in [-0.1, -0.05) is 0 Å². The van der Waals surface area contributed by atoms with Crippen LogP contribution in [0.1, 0.15) is 23.4 Å². The van der Waals surface area contributed by atoms with Crippen molar-refractivity contribution in [2.45, 2.75) is 19.9 Å². The molecular formula is C13H12F3NS. The van der Waals surface area contributed by atoms with Crippen LogP contribution in [0.4, 0.5) is 18.9 Å². The molecule has 0 aliphatic carbocycles. The van der Waals surface area contributed by atoms with Gasteiger partial charge in [0.2, 0.25) is 0 Å². The zero-order valence-electron chi connectivity index (χ0n) is 9.93. The topological polar surface area (TPSA) is 12.0 Å². The Kier molecular flexibility index (Phi) is 3.61. The maximum absolute atomic E-state index is 13.1. The Morgan fingerprint density at radius 1 is 1.17 bits per heavy atom. The highest BCUT2D eigenvalue weighted by Gasteiger charge is 2.14. The predicted octanol–water partition coefficient (Wildman–Crippen LogP) is 4.65. The molecule has 0 saturated heterocycles. The molecule has 0 radical (unpaired) electrons. The maximum Gasteiger partial charge on any atom is 0.194 e. The lowest BCUT2D eigenvalue weighted by Gasteiger charge is -2.15. The van der Waals surface area contributed by atoms with Gasteiger partial charge in [0.25, 0.3) is 0 Å². The third-order valence-electron chi connectivity index (χ3n) is 2.66. The molecule has 1 unspecified atom stereocenters. The zero-order chi connectivity index (χ0) is 13.3. The number of halogens is 3. The summed E-state index contributed by atoms with van der Waals surface area (Å²) in [6, 6.07) is 3.80. The lowest BCUT2D eigenvalue weighted by atomic mass is 10.2. The number of nitrogens with one attached hydrogen (secondary N) is 1. The first kappa shape index (κ1) is 13.0. The van der Waals surface area contributed by atoms with Crippen LogP contribution in [0.5, 0.6) is 0 Å². The third-order valence-corrected chi connectivity index (χ3v) is 3.86. The summed E-state index contributed by atoms with van der Waals surface area (Å²) in [7, 11) is 0. The van der Waals surface area contributed by atoms with Crippen molar-refractivity contribution < 1.29 is 13.2 Å². The van der Waals surface area contributed by atoms with Crippen LogP contribution in [0.15, 0.2) is 23.6 Å². The van der Waals surface area contributed by atoms with E-state index in [4.69, 9.17) is 0 Å². The highest BCUT2D eigenvalue weighted by molar-refractivity contribution is 7.10. The Hall–Kier alpha value is -1.49. The standard InChI is InChI=1S/C13H12F3NS/c1-7-3-4-18-13(7)8(2)17-9-5-10(14)12(16)11(15)6-9/h3-6,8,17H,1-2H3. The van der Waals surface area contributed by atoms with Gasteiger partial charge in [-0.25, -0.2) is 13.2 Å². The summed E-state index contributed by atoms with van der Waals surface area (Å²) in [5.74, 6) is -3.82. The molecule has 1 heterocycles. The van der Waals surface area contributed by atoms with Gasteiger partial charge in [0.1, 0.15) is 0 Å². The van der Waals surface area contributed by atoms with Gasteiger partial charge in [0.05, 0.1) is 6.04 Å². The molecule has 0 bridgehead atoms. The summed E-state index contributed by atoms with van der Waals surface area (Å²) in [6.07, 6.45) is 0. The summed E-state index contributed by atoms with van der Waals surface area (Å²) in [4.78, 5) is 1.08. The Labute approximate surface area is 107 Å². The molecule has 1 aromatic heterocycles. The summed E-state index contributed by atoms with van der Waals surface area (Å²) in [6.45, 7) is 3.86. The molecule has 18 heavy (non-hydrogen) atoms. The Morgan fingerprint density at radius 2 is 1.78 bits per heavy atom. The van der Waals surface area contributed by atoms with Crippen molar-refractivity contribution >= 4 is 17.0 Å². The second-order valence-electron chi connectivity index (χ2n) is 4.09. The van der Waals surface area contributed by atoms with Gasteiger partial charge in [0, 0.05) is 22.7 Å². The second kappa shape index (κ2) is 5.02. The average Bonchev–Trinajstić information content (AvgIpc) is 2.72. The Bertz CT molecular complexity index is 542. The van der Waals surface area contributed by atoms with E-state index in [1.54, 1.807) is 11.3 Å². The monoisotopic (exact) mass is 271 g/mol. The van der Waals surface area contributed by atoms with Gasteiger partial charge < -0.3 is 5.32 Å². The van der Waals surface area contributed by atoms with E-state index in [9.17, 15) is 13.2 Å². The minimum Gasteiger partial charge on any atom is -0.378 e. The zero-order valence-corrected chi connectivity index (χ0v) is 10.7. The van der Waals surface area contributed by atoms with Gasteiger partial charge in [-0.15, -0.1) is 11.3 Å². The van der Waals surface area contributed by atoms with Crippen LogP contribution in [0.2, 0.25) is 0 Å². The van der Waals surface area contributed by atoms with Crippen LogP contribution in [0.25, 0.3) is 0 Å². The van der Waals surface area contributed by atoms with Gasteiger partial charge in [-0.2, -0.15) is 0 Å². The summed E-state index contributed by atoms with van der Waals surface area (Å²) >= 11 is 1.56. The molecule has 1 aromatic carbocycles. The predicted molar refractivity (Wildman–Crippen MR) is 67.4 cm³/mol. The molecule has 96 valence electrons. The fourth-order valence-corrected chi connectivity index (χ4v) is 2.72. The van der Waals surface area contributed by atoms with Crippen molar-refractivity contribution in [1.82, 2.24) is 0 Å². The molecule has 0 amide bonds. The van der Waals surface area contributed by atoms with Crippen LogP contribution in [-0.2, 0) is 0 Å². The van der Waals surface area contributed by atoms with Gasteiger partial charge >= 0.3 is 0 Å². The van der Waals surface area contributed by atoms with Crippen LogP contribution >= 0.6 is 11.3 Å². The highest BCUT2D eigenvalue weighted by atomic mass is 32.1. The van der Waals surface area contributed by atoms with Crippen molar-refractivity contribution in [3.63, 3.8) is 0 Å². The molecule has 0 aliphatic rings. The Morgan fingerprint density at radius 3 is 2.28 bits per heavy atom. The first-order valence-electron chi connectivity index (χ1n) is 5.44. The van der Waals surface area contributed by atoms with Crippen LogP contribution in [0.3, 0.4) is 0 Å². The molecule has 2 aromatic rings. The Balaban J connectivity index is 2.22. The fraction of sp³-hybridized carbons (Fsp3) is 0.231. The van der Waals surface area contributed by atoms with Crippen molar-refractivity contribution in [3.05, 3.63) is 51.5 Å². The van der Waals surface area contributed by atoms with Crippen LogP contribution in [-0.4, -0.2) is 0 Å². The number of rotatable bonds is 3. The van der Waals surface area contributed by atoms with E-state index in [1.165, 1.54) is 0 Å². The smallest absolute Gasteiger partial charge is 0.194 e. The van der Waals surface area contributed by atoms with Gasteiger partial charge in [0.15, 0.2) is 17.5 Å². The fourth-order valence-electron chi connectivity index (χ4n) is 1.78. The average molecular weight is 271 g/mol. The molecule has 0 fully saturated rings. The van der Waals surface area contributed by atoms with Gasteiger partial charge in [-0.3, -0.25) is 0 Å². The van der Waals surface area contributed by atoms with Gasteiger partial charge in [-0.05, 0) is 30.9 Å². The molecule has 0 spiro atoms. The van der Waals surface area contributed by atoms with Crippen molar-refractivity contribution in [3.8, 4) is 0 Å².